The molecule has 5 aromatic carbocycles. The van der Waals surface area contributed by atoms with E-state index >= 15 is 0 Å². The van der Waals surface area contributed by atoms with Crippen molar-refractivity contribution < 1.29 is 89.0 Å². The van der Waals surface area contributed by atoms with Crippen LogP contribution in [0.15, 0.2) is 118 Å². The highest BCUT2D eigenvalue weighted by Crippen LogP contribution is 2.47. The van der Waals surface area contributed by atoms with Crippen LogP contribution >= 0.6 is 23.6 Å². The number of sulfone groups is 1. The van der Waals surface area contributed by atoms with Crippen LogP contribution in [0.3, 0.4) is 0 Å². The summed E-state index contributed by atoms with van der Waals surface area (Å²) in [5, 5.41) is 45.7. The van der Waals surface area contributed by atoms with Crippen molar-refractivity contribution in [3.8, 4) is 5.75 Å². The second-order valence-electron chi connectivity index (χ2n) is 14.0. The zero-order valence-electron chi connectivity index (χ0n) is 35.8. The van der Waals surface area contributed by atoms with Crippen molar-refractivity contribution in [2.24, 2.45) is 20.5 Å². The first-order valence-electron chi connectivity index (χ1n) is 18.9. The van der Waals surface area contributed by atoms with E-state index in [9.17, 15) is 65.6 Å². The zero-order chi connectivity index (χ0) is 53.8. The van der Waals surface area contributed by atoms with Gasteiger partial charge in [0.05, 0.1) is 56.9 Å². The van der Waals surface area contributed by atoms with Gasteiger partial charge in [0, 0.05) is 23.4 Å². The van der Waals surface area contributed by atoms with Gasteiger partial charge < -0.3 is 26.8 Å². The minimum Gasteiger partial charge on any atom is -0.505 e. The van der Waals surface area contributed by atoms with Crippen LogP contribution in [0.25, 0.3) is 10.8 Å². The monoisotopic (exact) mass is 1150 g/mol. The molecule has 0 aliphatic heterocycles. The molecule has 1 amide bonds. The van der Waals surface area contributed by atoms with Crippen LogP contribution in [0.5, 0.6) is 5.75 Å². The Morgan fingerprint density at radius 2 is 1.36 bits per heavy atom. The summed E-state index contributed by atoms with van der Waals surface area (Å²) >= 11 is 6.29. The van der Waals surface area contributed by atoms with Crippen LogP contribution in [-0.2, 0) is 68.9 Å². The maximum Gasteiger partial charge on any atom is 0.397 e. The number of benzene rings is 5. The molecule has 1 heterocycles. The third kappa shape index (κ3) is 14.3. The Morgan fingerprint density at radius 1 is 0.726 bits per heavy atom. The van der Waals surface area contributed by atoms with E-state index in [0.29, 0.717) is 0 Å². The number of aromatic nitrogens is 3. The Hall–Kier alpha value is -6.69. The van der Waals surface area contributed by atoms with E-state index in [1.165, 1.54) is 0 Å². The van der Waals surface area contributed by atoms with Gasteiger partial charge in [-0.25, -0.2) is 17.9 Å². The number of nitrogens with one attached hydrogen (secondary N) is 3. The molecule has 0 saturated carbocycles. The molecule has 0 radical (unpaired) electrons. The van der Waals surface area contributed by atoms with Crippen LogP contribution in [0.2, 0.25) is 5.28 Å². The summed E-state index contributed by atoms with van der Waals surface area (Å²) in [5.41, 5.74) is 3.02. The Balaban J connectivity index is 1.38. The molecule has 0 fully saturated rings. The quantitative estimate of drug-likeness (QED) is 0.0104. The number of phenolic OH excluding ortho intramolecular Hbond substituents is 1. The van der Waals surface area contributed by atoms with Crippen molar-refractivity contribution >= 4 is 148 Å². The lowest BCUT2D eigenvalue weighted by Gasteiger charge is -2.16. The van der Waals surface area contributed by atoms with Gasteiger partial charge in [0.2, 0.25) is 23.1 Å². The van der Waals surface area contributed by atoms with Crippen molar-refractivity contribution in [1.29, 1.82) is 0 Å². The summed E-state index contributed by atoms with van der Waals surface area (Å²) in [4.78, 5) is 20.2. The average Bonchev–Trinajstić information content (AvgIpc) is 3.25. The first-order chi connectivity index (χ1) is 33.9. The summed E-state index contributed by atoms with van der Waals surface area (Å²) in [6.45, 7) is 0.246. The summed E-state index contributed by atoms with van der Waals surface area (Å²) < 4.78 is 169. The number of rotatable bonds is 20. The molecule has 38 heteroatoms. The highest BCUT2D eigenvalue weighted by molar-refractivity contribution is 7.94. The van der Waals surface area contributed by atoms with E-state index in [0.717, 1.165) is 79.7 Å². The zero-order valence-corrected chi connectivity index (χ0v) is 41.4. The number of nitrogens with zero attached hydrogens (tertiary/aromatic N) is 7. The number of carbonyl (C=O) groups is 1. The number of hydrogen-bond donors (Lipinski definition) is 10. The van der Waals surface area contributed by atoms with Gasteiger partial charge in [-0.05, 0) is 84.4 Å². The first-order valence-corrected chi connectivity index (χ1v) is 27.4. The molecule has 1 aromatic heterocycles. The van der Waals surface area contributed by atoms with E-state index in [-0.39, 0.29) is 39.4 Å². The van der Waals surface area contributed by atoms with E-state index < -0.39 is 145 Å². The van der Waals surface area contributed by atoms with Crippen molar-refractivity contribution in [3.63, 3.8) is 0 Å². The lowest BCUT2D eigenvalue weighted by Crippen LogP contribution is -2.15. The molecule has 6 aromatic rings. The standard InChI is InChI=1S/C35H30ClN11O20S6/c1-16(48)38-18-4-9-28(70(53,54)55)26(12-18)46-47-30-27(68-67-66-50)13-21-20(31(30)49)7-8-23(32(21)72(59,60)61)39-34-41-33(36)42-35(43-34)40-24-14-22(37)29(71(56,57)58)15-25(24)45-44-17-2-5-19(6-3-17)69(51,52)11-10-65-73(62,63)64/h2-9,12-15,49-50H,10-11,37H2,1H3,(H,38,48)(H,53,54,55)(H,56,57,58)(H,59,60,61)(H,62,63,64)(H2,39,40,41,42,43). The second-order valence-corrected chi connectivity index (χ2v) is 22.4. The van der Waals surface area contributed by atoms with E-state index in [2.05, 4.69) is 64.9 Å². The van der Waals surface area contributed by atoms with E-state index in [4.69, 9.17) is 27.1 Å². The fourth-order valence-electron chi connectivity index (χ4n) is 6.07. The molecule has 0 spiro atoms. The van der Waals surface area contributed by atoms with E-state index in [1.807, 2.05) is 0 Å². The van der Waals surface area contributed by atoms with Gasteiger partial charge in [-0.3, -0.25) is 23.0 Å². The lowest BCUT2D eigenvalue weighted by molar-refractivity contribution is -0.432. The van der Waals surface area contributed by atoms with Crippen molar-refractivity contribution in [3.05, 3.63) is 78.1 Å². The molecule has 388 valence electrons. The number of nitrogen functional groups attached to an aromatic ring is 1. The number of fused-ring (bicyclic) bond motifs is 1. The highest BCUT2D eigenvalue weighted by atomic mass is 35.5. The van der Waals surface area contributed by atoms with Gasteiger partial charge in [-0.2, -0.15) is 53.7 Å². The van der Waals surface area contributed by atoms with Gasteiger partial charge in [-0.1, -0.05) is 5.04 Å². The van der Waals surface area contributed by atoms with E-state index in [1.54, 1.807) is 0 Å². The summed E-state index contributed by atoms with van der Waals surface area (Å²) in [6.07, 6.45) is 0. The smallest absolute Gasteiger partial charge is 0.397 e. The molecule has 0 bridgehead atoms. The van der Waals surface area contributed by atoms with Crippen LogP contribution in [0.1, 0.15) is 6.92 Å². The van der Waals surface area contributed by atoms with Gasteiger partial charge in [-0.15, -0.1) is 19.7 Å². The predicted molar refractivity (Wildman–Crippen MR) is 253 cm³/mol. The molecule has 0 unspecified atom stereocenters. The third-order valence-electron chi connectivity index (χ3n) is 8.97. The average molecular weight is 1150 g/mol. The van der Waals surface area contributed by atoms with Crippen LogP contribution in [0.4, 0.5) is 57.4 Å². The van der Waals surface area contributed by atoms with Crippen molar-refractivity contribution in [2.45, 2.75) is 31.4 Å². The number of halogens is 1. The number of aromatic hydroxyl groups is 1. The van der Waals surface area contributed by atoms with Crippen LogP contribution in [0, 0.1) is 0 Å². The Labute approximate surface area is 419 Å². The predicted octanol–water partition coefficient (Wildman–Crippen LogP) is 6.00. The minimum absolute atomic E-state index is 0.00305. The number of anilines is 6. The molecule has 0 aliphatic rings. The number of phenols is 1. The van der Waals surface area contributed by atoms with Gasteiger partial charge >= 0.3 is 10.4 Å². The largest absolute Gasteiger partial charge is 0.505 e. The Kier molecular flexibility index (Phi) is 16.6. The summed E-state index contributed by atoms with van der Waals surface area (Å²) in [5.74, 6) is -3.37. The van der Waals surface area contributed by atoms with Crippen molar-refractivity contribution in [2.75, 3.05) is 34.0 Å². The first kappa shape index (κ1) is 55.6. The SMILES string of the molecule is CC(=O)Nc1ccc(S(=O)(=O)O)c(N=Nc2c(SOOO)cc3c(S(=O)(=O)O)c(Nc4nc(Cl)nc(Nc5cc(N)c(S(=O)(=O)O)cc5N=Nc5ccc(S(=O)(=O)CCOS(=O)(=O)O)cc5)n4)ccc3c2O)c1. The highest BCUT2D eigenvalue weighted by Gasteiger charge is 2.27. The lowest BCUT2D eigenvalue weighted by atomic mass is 10.1. The maximum absolute atomic E-state index is 13.1. The van der Waals surface area contributed by atoms with Crippen molar-refractivity contribution in [1.82, 2.24) is 15.0 Å². The molecule has 11 N–H and O–H groups in total. The molecule has 6 rings (SSSR count). The fraction of sp³-hybridized carbons (Fsp3) is 0.0857. The molecule has 0 atom stereocenters. The third-order valence-corrected chi connectivity index (χ3v) is 14.7. The fourth-order valence-corrected chi connectivity index (χ4v) is 10.3. The summed E-state index contributed by atoms with van der Waals surface area (Å²) in [7, 11) is -24.4. The number of azo groups is 2. The molecule has 31 nitrogen and oxygen atoms in total. The number of amides is 1. The number of nitrogens with two attached hydrogens (primary N) is 1. The molecular weight excluding hydrogens is 1120 g/mol. The molecule has 73 heavy (non-hydrogen) atoms. The van der Waals surface area contributed by atoms with Crippen LogP contribution < -0.4 is 21.7 Å². The van der Waals surface area contributed by atoms with Gasteiger partial charge in [0.1, 0.15) is 31.7 Å². The molecule has 0 aliphatic carbocycles. The number of carbonyl (C=O) groups excluding carboxylic acids is 1. The topological polar surface area (TPSA) is 487 Å². The summed E-state index contributed by atoms with van der Waals surface area (Å²) in [6, 6.07) is 12.2. The maximum atomic E-state index is 13.1. The van der Waals surface area contributed by atoms with Gasteiger partial charge in [0.15, 0.2) is 15.6 Å². The second kappa shape index (κ2) is 21.8. The molecule has 0 saturated heterocycles. The normalized spacial score (nSPS) is 12.7. The van der Waals surface area contributed by atoms with Gasteiger partial charge in [0.25, 0.3) is 30.4 Å². The Morgan fingerprint density at radius 3 is 1.95 bits per heavy atom. The Bertz CT molecular complexity index is 3840. The van der Waals surface area contributed by atoms with Crippen LogP contribution in [-0.4, -0.2) is 104 Å². The molecular formula is C35H30ClN11O20S6. The minimum atomic E-state index is -5.36. The number of hydrogen-bond acceptors (Lipinski definition) is 27.